The lowest BCUT2D eigenvalue weighted by atomic mass is 9.76. The van der Waals surface area contributed by atoms with E-state index in [-0.39, 0.29) is 1.43 Å². The van der Waals surface area contributed by atoms with Gasteiger partial charge in [-0.2, -0.15) is 0 Å². The Balaban J connectivity index is 0.000000192. The van der Waals surface area contributed by atoms with E-state index in [1.807, 2.05) is 0 Å². The van der Waals surface area contributed by atoms with E-state index in [1.54, 1.807) is 5.57 Å². The summed E-state index contributed by atoms with van der Waals surface area (Å²) < 4.78 is 53.2. The summed E-state index contributed by atoms with van der Waals surface area (Å²) in [6, 6.07) is 7.97. The molecule has 232 valence electrons. The molecule has 0 radical (unpaired) electrons. The summed E-state index contributed by atoms with van der Waals surface area (Å²) in [7, 11) is 0. The Morgan fingerprint density at radius 2 is 0.905 bits per heavy atom. The van der Waals surface area contributed by atoms with Crippen LogP contribution in [0.5, 0.6) is 0 Å². The Hall–Kier alpha value is -2.10. The van der Waals surface area contributed by atoms with Crippen molar-refractivity contribution < 1.29 is 19.0 Å². The topological polar surface area (TPSA) is 0 Å². The number of benzene rings is 2. The zero-order chi connectivity index (χ0) is 29.3. The zero-order valence-corrected chi connectivity index (χ0v) is 25.4. The molecule has 0 nitrogen and oxygen atoms in total. The molecule has 2 aromatic carbocycles. The highest BCUT2D eigenvalue weighted by molar-refractivity contribution is 5.24. The molecular weight excluding hydrogens is 532 g/mol. The molecule has 6 rings (SSSR count). The molecule has 0 heterocycles. The first-order valence-corrected chi connectivity index (χ1v) is 17.0. The van der Waals surface area contributed by atoms with Gasteiger partial charge in [0.25, 0.3) is 0 Å². The molecule has 4 aliphatic carbocycles. The Kier molecular flexibility index (Phi) is 11.6. The summed E-state index contributed by atoms with van der Waals surface area (Å²) in [6.07, 6.45) is 26.7. The van der Waals surface area contributed by atoms with E-state index in [9.17, 15) is 17.6 Å². The highest BCUT2D eigenvalue weighted by Gasteiger charge is 2.25. The monoisotopic (exact) mass is 584 g/mol. The molecule has 0 amide bonds. The third-order valence-corrected chi connectivity index (χ3v) is 10.9. The van der Waals surface area contributed by atoms with E-state index in [1.165, 1.54) is 108 Å². The van der Waals surface area contributed by atoms with Crippen LogP contribution >= 0.6 is 0 Å². The van der Waals surface area contributed by atoms with Crippen LogP contribution in [-0.2, 0) is 0 Å². The molecule has 4 heteroatoms. The number of halogens is 4. The lowest BCUT2D eigenvalue weighted by molar-refractivity contribution is 0.286. The summed E-state index contributed by atoms with van der Waals surface area (Å²) in [5.74, 6) is 1.64. The molecule has 0 atom stereocenters. The maximum atomic E-state index is 13.3. The molecular formula is C38H52F4. The number of allylic oxidation sites excluding steroid dienone is 2. The third kappa shape index (κ3) is 9.45. The maximum Gasteiger partial charge on any atom is 0.126 e. The maximum absolute atomic E-state index is 13.3. The minimum Gasteiger partial charge on any atom is -0.207 e. The first-order valence-electron chi connectivity index (χ1n) is 17.0. The lowest BCUT2D eigenvalue weighted by Crippen LogP contribution is -2.14. The van der Waals surface area contributed by atoms with Crippen molar-refractivity contribution in [2.45, 2.75) is 134 Å². The average molecular weight is 585 g/mol. The lowest BCUT2D eigenvalue weighted by Gasteiger charge is -2.29. The quantitative estimate of drug-likeness (QED) is 0.224. The van der Waals surface area contributed by atoms with Crippen molar-refractivity contribution in [1.82, 2.24) is 0 Å². The Bertz CT molecular complexity index is 1110. The largest absolute Gasteiger partial charge is 0.207 e. The standard InChI is InChI=1S/C19H26F2.C19H24F2.H2/c2*20-18-11-17(12-19(21)13-18)16-9-7-15(8-10-16)6-5-14-3-1-2-4-14;/h11-16H,1-10H2;6,11-14,16H,1-5,7-10H2;1H. The first-order chi connectivity index (χ1) is 20.4. The molecule has 4 fully saturated rings. The smallest absolute Gasteiger partial charge is 0.126 e. The van der Waals surface area contributed by atoms with Crippen LogP contribution in [-0.4, -0.2) is 0 Å². The fraction of sp³-hybridized carbons (Fsp3) is 0.632. The molecule has 0 bridgehead atoms. The minimum atomic E-state index is -0.451. The average Bonchev–Trinajstić information content (AvgIpc) is 3.70. The van der Waals surface area contributed by atoms with Crippen molar-refractivity contribution in [1.29, 1.82) is 0 Å². The molecule has 42 heavy (non-hydrogen) atoms. The van der Waals surface area contributed by atoms with Gasteiger partial charge in [0.2, 0.25) is 0 Å². The van der Waals surface area contributed by atoms with Gasteiger partial charge >= 0.3 is 0 Å². The Labute approximate surface area is 252 Å². The van der Waals surface area contributed by atoms with Gasteiger partial charge in [0.15, 0.2) is 0 Å². The number of hydrogen-bond acceptors (Lipinski definition) is 0. The second-order valence-electron chi connectivity index (χ2n) is 13.9. The van der Waals surface area contributed by atoms with Crippen LogP contribution in [0.4, 0.5) is 17.6 Å². The first kappa shape index (κ1) is 31.3. The van der Waals surface area contributed by atoms with Crippen LogP contribution in [0.1, 0.15) is 146 Å². The van der Waals surface area contributed by atoms with E-state index < -0.39 is 23.3 Å². The predicted octanol–water partition coefficient (Wildman–Crippen LogP) is 12.6. The summed E-state index contributed by atoms with van der Waals surface area (Å²) in [6.45, 7) is 0. The van der Waals surface area contributed by atoms with Crippen molar-refractivity contribution in [3.8, 4) is 0 Å². The van der Waals surface area contributed by atoms with Crippen LogP contribution in [0, 0.1) is 41.0 Å². The normalized spacial score (nSPS) is 25.3. The highest BCUT2D eigenvalue weighted by atomic mass is 19.1. The van der Waals surface area contributed by atoms with Crippen LogP contribution in [0.3, 0.4) is 0 Å². The second kappa shape index (κ2) is 15.6. The number of rotatable bonds is 7. The molecule has 0 aliphatic heterocycles. The van der Waals surface area contributed by atoms with Crippen LogP contribution < -0.4 is 0 Å². The molecule has 2 aromatic rings. The van der Waals surface area contributed by atoms with E-state index in [0.29, 0.717) is 11.8 Å². The van der Waals surface area contributed by atoms with E-state index in [2.05, 4.69) is 6.08 Å². The molecule has 4 aliphatic rings. The van der Waals surface area contributed by atoms with Crippen molar-refractivity contribution >= 4 is 0 Å². The fourth-order valence-corrected chi connectivity index (χ4v) is 8.28. The van der Waals surface area contributed by atoms with Gasteiger partial charge in [0, 0.05) is 13.6 Å². The summed E-state index contributed by atoms with van der Waals surface area (Å²) in [4.78, 5) is 0. The van der Waals surface area contributed by atoms with Gasteiger partial charge in [-0.15, -0.1) is 0 Å². The van der Waals surface area contributed by atoms with Gasteiger partial charge in [-0.25, -0.2) is 17.6 Å². The van der Waals surface area contributed by atoms with Crippen molar-refractivity contribution in [3.63, 3.8) is 0 Å². The Morgan fingerprint density at radius 1 is 0.500 bits per heavy atom. The van der Waals surface area contributed by atoms with E-state index in [0.717, 1.165) is 79.5 Å². The van der Waals surface area contributed by atoms with Crippen LogP contribution in [0.15, 0.2) is 48.0 Å². The van der Waals surface area contributed by atoms with Crippen LogP contribution in [0.25, 0.3) is 0 Å². The molecule has 4 saturated carbocycles. The number of hydrogen-bond donors (Lipinski definition) is 0. The highest BCUT2D eigenvalue weighted by Crippen LogP contribution is 2.40. The van der Waals surface area contributed by atoms with E-state index in [4.69, 9.17) is 0 Å². The van der Waals surface area contributed by atoms with Crippen LogP contribution in [0.2, 0.25) is 0 Å². The fourth-order valence-electron chi connectivity index (χ4n) is 8.28. The van der Waals surface area contributed by atoms with Crippen molar-refractivity contribution in [2.75, 3.05) is 0 Å². The van der Waals surface area contributed by atoms with Crippen molar-refractivity contribution in [2.24, 2.45) is 17.8 Å². The summed E-state index contributed by atoms with van der Waals surface area (Å²) in [5, 5.41) is 0. The summed E-state index contributed by atoms with van der Waals surface area (Å²) >= 11 is 0. The summed E-state index contributed by atoms with van der Waals surface area (Å²) in [5.41, 5.74) is 3.26. The van der Waals surface area contributed by atoms with Gasteiger partial charge < -0.3 is 0 Å². The molecule has 0 spiro atoms. The molecule has 0 N–H and O–H groups in total. The SMILES string of the molecule is Fc1cc(F)cc(C2CCC(=CCC3CCCC3)CC2)c1.Fc1cc(F)cc(C2CCC(CCC3CCCC3)CC2)c1.[HH]. The minimum absolute atomic E-state index is 0. The second-order valence-corrected chi connectivity index (χ2v) is 13.9. The van der Waals surface area contributed by atoms with Gasteiger partial charge in [0.05, 0.1) is 0 Å². The molecule has 0 unspecified atom stereocenters. The molecule has 0 aromatic heterocycles. The van der Waals surface area contributed by atoms with Gasteiger partial charge in [-0.1, -0.05) is 75.9 Å². The van der Waals surface area contributed by atoms with Gasteiger partial charge in [-0.05, 0) is 123 Å². The van der Waals surface area contributed by atoms with E-state index >= 15 is 0 Å². The Morgan fingerprint density at radius 3 is 1.38 bits per heavy atom. The predicted molar refractivity (Wildman–Crippen MR) is 167 cm³/mol. The van der Waals surface area contributed by atoms with Gasteiger partial charge in [-0.3, -0.25) is 0 Å². The third-order valence-electron chi connectivity index (χ3n) is 10.9. The zero-order valence-electron chi connectivity index (χ0n) is 25.4. The molecule has 0 saturated heterocycles. The van der Waals surface area contributed by atoms with Crippen molar-refractivity contribution in [3.05, 3.63) is 82.4 Å². The van der Waals surface area contributed by atoms with Gasteiger partial charge in [0.1, 0.15) is 23.3 Å².